The van der Waals surface area contributed by atoms with Gasteiger partial charge < -0.3 is 14.8 Å². The molecule has 0 atom stereocenters. The Balaban J connectivity index is 2.27. The van der Waals surface area contributed by atoms with E-state index < -0.39 is 11.9 Å². The van der Waals surface area contributed by atoms with E-state index in [2.05, 4.69) is 10.6 Å². The number of aryl methyl sites for hydroxylation is 2. The Morgan fingerprint density at radius 3 is 2.10 bits per heavy atom. The number of hydrogen-bond acceptors (Lipinski definition) is 7. The molecule has 0 radical (unpaired) electrons. The van der Waals surface area contributed by atoms with Crippen LogP contribution in [0.15, 0.2) is 18.2 Å². The topological polar surface area (TPSA) is 93.7 Å². The quantitative estimate of drug-likeness (QED) is 0.506. The van der Waals surface area contributed by atoms with E-state index in [-0.39, 0.29) is 34.7 Å². The highest BCUT2D eigenvalue weighted by Gasteiger charge is 2.27. The van der Waals surface area contributed by atoms with E-state index in [1.54, 1.807) is 32.9 Å². The van der Waals surface area contributed by atoms with Crippen LogP contribution in [0.25, 0.3) is 0 Å². The third-order valence-corrected chi connectivity index (χ3v) is 5.42. The standard InChI is InChI=1S/C21H24N2O5S2/c1-6-27-19(25)15-13(5)16(20(26)28-7-2)30-18(15)23-21(29)22-17(24)14-9-11(3)8-12(4)10-14/h8-10H,6-7H2,1-5H3,(H2,22,23,24,29). The number of benzene rings is 1. The van der Waals surface area contributed by atoms with Crippen LogP contribution in [0.3, 0.4) is 0 Å². The van der Waals surface area contributed by atoms with Crippen molar-refractivity contribution in [3.8, 4) is 0 Å². The minimum Gasteiger partial charge on any atom is -0.462 e. The lowest BCUT2D eigenvalue weighted by atomic mass is 10.1. The highest BCUT2D eigenvalue weighted by Crippen LogP contribution is 2.34. The fourth-order valence-corrected chi connectivity index (χ4v) is 4.21. The lowest BCUT2D eigenvalue weighted by molar-refractivity contribution is 0.0527. The molecule has 2 rings (SSSR count). The van der Waals surface area contributed by atoms with Gasteiger partial charge in [-0.3, -0.25) is 10.1 Å². The number of ether oxygens (including phenoxy) is 2. The van der Waals surface area contributed by atoms with Crippen LogP contribution in [-0.4, -0.2) is 36.2 Å². The molecule has 7 nitrogen and oxygen atoms in total. The number of rotatable bonds is 6. The second kappa shape index (κ2) is 10.3. The second-order valence-corrected chi connectivity index (χ2v) is 7.91. The summed E-state index contributed by atoms with van der Waals surface area (Å²) in [5.74, 6) is -1.51. The highest BCUT2D eigenvalue weighted by molar-refractivity contribution is 7.80. The number of thiocarbonyl (C=S) groups is 1. The van der Waals surface area contributed by atoms with E-state index in [9.17, 15) is 14.4 Å². The first kappa shape index (κ1) is 23.5. The van der Waals surface area contributed by atoms with Gasteiger partial charge in [0.15, 0.2) is 5.11 Å². The molecule has 2 aromatic rings. The molecule has 0 spiro atoms. The van der Waals surface area contributed by atoms with Crippen molar-refractivity contribution in [3.05, 3.63) is 50.9 Å². The molecule has 0 saturated heterocycles. The summed E-state index contributed by atoms with van der Waals surface area (Å²) in [5.41, 5.74) is 3.00. The molecule has 1 aromatic heterocycles. The summed E-state index contributed by atoms with van der Waals surface area (Å²) < 4.78 is 10.2. The van der Waals surface area contributed by atoms with Crippen molar-refractivity contribution in [1.29, 1.82) is 0 Å². The fourth-order valence-electron chi connectivity index (χ4n) is 2.86. The van der Waals surface area contributed by atoms with E-state index in [1.165, 1.54) is 0 Å². The van der Waals surface area contributed by atoms with Gasteiger partial charge in [-0.2, -0.15) is 0 Å². The third kappa shape index (κ3) is 5.64. The highest BCUT2D eigenvalue weighted by atomic mass is 32.1. The first-order chi connectivity index (χ1) is 14.2. The Morgan fingerprint density at radius 1 is 0.967 bits per heavy atom. The van der Waals surface area contributed by atoms with E-state index in [1.807, 2.05) is 19.9 Å². The summed E-state index contributed by atoms with van der Waals surface area (Å²) >= 11 is 6.27. The average molecular weight is 449 g/mol. The van der Waals surface area contributed by atoms with Gasteiger partial charge in [0.05, 0.1) is 18.8 Å². The van der Waals surface area contributed by atoms with Gasteiger partial charge in [-0.05, 0) is 64.5 Å². The molecule has 0 aliphatic carbocycles. The minimum atomic E-state index is -0.590. The summed E-state index contributed by atoms with van der Waals surface area (Å²) in [6.45, 7) is 9.21. The third-order valence-electron chi connectivity index (χ3n) is 4.03. The van der Waals surface area contributed by atoms with Crippen LogP contribution in [0, 0.1) is 20.8 Å². The predicted molar refractivity (Wildman–Crippen MR) is 121 cm³/mol. The molecule has 0 bridgehead atoms. The van der Waals surface area contributed by atoms with Crippen molar-refractivity contribution in [2.24, 2.45) is 0 Å². The SMILES string of the molecule is CCOC(=O)c1sc(NC(=S)NC(=O)c2cc(C)cc(C)c2)c(C(=O)OCC)c1C. The first-order valence-corrected chi connectivity index (χ1v) is 10.6. The number of carbonyl (C=O) groups is 3. The maximum absolute atomic E-state index is 12.5. The second-order valence-electron chi connectivity index (χ2n) is 6.49. The zero-order valence-electron chi connectivity index (χ0n) is 17.5. The fraction of sp³-hybridized carbons (Fsp3) is 0.333. The summed E-state index contributed by atoms with van der Waals surface area (Å²) in [7, 11) is 0. The molecule has 0 aliphatic rings. The van der Waals surface area contributed by atoms with E-state index >= 15 is 0 Å². The van der Waals surface area contributed by atoms with Gasteiger partial charge >= 0.3 is 11.9 Å². The van der Waals surface area contributed by atoms with Crippen molar-refractivity contribution >= 4 is 51.5 Å². The van der Waals surface area contributed by atoms with Crippen LogP contribution >= 0.6 is 23.6 Å². The van der Waals surface area contributed by atoms with Gasteiger partial charge in [0, 0.05) is 5.56 Å². The maximum atomic E-state index is 12.5. The van der Waals surface area contributed by atoms with Crippen LogP contribution in [0.4, 0.5) is 5.00 Å². The molecule has 0 unspecified atom stereocenters. The first-order valence-electron chi connectivity index (χ1n) is 9.36. The number of amides is 1. The number of nitrogens with one attached hydrogen (secondary N) is 2. The van der Waals surface area contributed by atoms with E-state index in [0.717, 1.165) is 22.5 Å². The lowest BCUT2D eigenvalue weighted by Gasteiger charge is -2.11. The van der Waals surface area contributed by atoms with Crippen molar-refractivity contribution in [2.45, 2.75) is 34.6 Å². The van der Waals surface area contributed by atoms with Crippen molar-refractivity contribution in [2.75, 3.05) is 18.5 Å². The molecule has 9 heteroatoms. The number of anilines is 1. The van der Waals surface area contributed by atoms with E-state index in [0.29, 0.717) is 16.1 Å². The largest absolute Gasteiger partial charge is 0.462 e. The Hall–Kier alpha value is -2.78. The molecule has 0 fully saturated rings. The summed E-state index contributed by atoms with van der Waals surface area (Å²) in [6.07, 6.45) is 0. The van der Waals surface area contributed by atoms with E-state index in [4.69, 9.17) is 21.7 Å². The monoisotopic (exact) mass is 448 g/mol. The number of esters is 2. The molecular weight excluding hydrogens is 424 g/mol. The molecule has 2 N–H and O–H groups in total. The number of thiophene rings is 1. The van der Waals surface area contributed by atoms with Gasteiger partial charge in [0.25, 0.3) is 5.91 Å². The molecule has 0 saturated carbocycles. The Bertz CT molecular complexity index is 977. The summed E-state index contributed by atoms with van der Waals surface area (Å²) in [5, 5.41) is 5.75. The molecule has 1 heterocycles. The summed E-state index contributed by atoms with van der Waals surface area (Å²) in [4.78, 5) is 37.5. The molecule has 1 amide bonds. The van der Waals surface area contributed by atoms with Crippen molar-refractivity contribution in [1.82, 2.24) is 5.32 Å². The van der Waals surface area contributed by atoms with Crippen molar-refractivity contribution < 1.29 is 23.9 Å². The molecule has 160 valence electrons. The Morgan fingerprint density at radius 2 is 1.53 bits per heavy atom. The Kier molecular flexibility index (Phi) is 8.08. The Labute approximate surface area is 184 Å². The van der Waals surface area contributed by atoms with Gasteiger partial charge in [0.1, 0.15) is 9.88 Å². The zero-order chi connectivity index (χ0) is 22.4. The zero-order valence-corrected chi connectivity index (χ0v) is 19.1. The lowest BCUT2D eigenvalue weighted by Crippen LogP contribution is -2.34. The number of hydrogen-bond donors (Lipinski definition) is 2. The summed E-state index contributed by atoms with van der Waals surface area (Å²) in [6, 6.07) is 5.47. The minimum absolute atomic E-state index is 0.00127. The predicted octanol–water partition coefficient (Wildman–Crippen LogP) is 4.15. The van der Waals surface area contributed by atoms with Crippen LogP contribution in [0.2, 0.25) is 0 Å². The van der Waals surface area contributed by atoms with Crippen LogP contribution in [0.1, 0.15) is 60.9 Å². The molecule has 0 aliphatic heterocycles. The van der Waals surface area contributed by atoms with Crippen LogP contribution in [-0.2, 0) is 9.47 Å². The van der Waals surface area contributed by atoms with Gasteiger partial charge in [-0.25, -0.2) is 9.59 Å². The van der Waals surface area contributed by atoms with Gasteiger partial charge in [-0.15, -0.1) is 11.3 Å². The normalized spacial score (nSPS) is 10.3. The molecule has 30 heavy (non-hydrogen) atoms. The smallest absolute Gasteiger partial charge is 0.348 e. The van der Waals surface area contributed by atoms with Gasteiger partial charge in [0.2, 0.25) is 0 Å². The molecular formula is C21H24N2O5S2. The van der Waals surface area contributed by atoms with Crippen LogP contribution < -0.4 is 10.6 Å². The number of carbonyl (C=O) groups excluding carboxylic acids is 3. The van der Waals surface area contributed by atoms with Gasteiger partial charge in [-0.1, -0.05) is 17.2 Å². The maximum Gasteiger partial charge on any atom is 0.348 e. The van der Waals surface area contributed by atoms with Crippen LogP contribution in [0.5, 0.6) is 0 Å². The van der Waals surface area contributed by atoms with Crippen molar-refractivity contribution in [3.63, 3.8) is 0 Å². The average Bonchev–Trinajstić information content (AvgIpc) is 2.97. The molecule has 1 aromatic carbocycles.